The SMILES string of the molecule is O=C(N[C@H]1CCC[C@@H](Nc2nc(-c3c[nH]c4c(F)cc(F)cc34)ncc2F)C1)c1cncs1. The lowest BCUT2D eigenvalue weighted by molar-refractivity contribution is 0.0930. The number of thiazole rings is 1. The Balaban J connectivity index is 1.34. The fraction of sp³-hybridized carbons (Fsp3) is 0.273. The highest BCUT2D eigenvalue weighted by atomic mass is 32.1. The Hall–Kier alpha value is -3.47. The molecule has 1 amide bonds. The van der Waals surface area contributed by atoms with Gasteiger partial charge in [-0.05, 0) is 31.7 Å². The van der Waals surface area contributed by atoms with Crippen molar-refractivity contribution in [1.82, 2.24) is 25.3 Å². The zero-order valence-corrected chi connectivity index (χ0v) is 18.1. The third-order valence-corrected chi connectivity index (χ3v) is 6.47. The van der Waals surface area contributed by atoms with Gasteiger partial charge in [-0.3, -0.25) is 9.78 Å². The van der Waals surface area contributed by atoms with Gasteiger partial charge in [-0.15, -0.1) is 11.3 Å². The van der Waals surface area contributed by atoms with Crippen LogP contribution in [0.25, 0.3) is 22.3 Å². The molecule has 3 N–H and O–H groups in total. The highest BCUT2D eigenvalue weighted by molar-refractivity contribution is 7.11. The molecule has 0 bridgehead atoms. The molecule has 1 saturated carbocycles. The van der Waals surface area contributed by atoms with Crippen LogP contribution in [0.2, 0.25) is 0 Å². The van der Waals surface area contributed by atoms with Crippen molar-refractivity contribution in [2.24, 2.45) is 0 Å². The van der Waals surface area contributed by atoms with Crippen LogP contribution in [0.4, 0.5) is 19.0 Å². The van der Waals surface area contributed by atoms with Crippen LogP contribution in [-0.4, -0.2) is 37.9 Å². The first-order valence-corrected chi connectivity index (χ1v) is 11.3. The minimum atomic E-state index is -0.731. The third-order valence-electron chi connectivity index (χ3n) is 5.70. The van der Waals surface area contributed by atoms with Crippen molar-refractivity contribution >= 4 is 34.0 Å². The van der Waals surface area contributed by atoms with Crippen molar-refractivity contribution in [3.8, 4) is 11.4 Å². The van der Waals surface area contributed by atoms with Crippen LogP contribution in [0.15, 0.2) is 36.2 Å². The second-order valence-electron chi connectivity index (χ2n) is 7.95. The van der Waals surface area contributed by atoms with Gasteiger partial charge in [0.2, 0.25) is 0 Å². The maximum absolute atomic E-state index is 14.5. The second kappa shape index (κ2) is 8.81. The van der Waals surface area contributed by atoms with E-state index in [1.165, 1.54) is 29.8 Å². The predicted molar refractivity (Wildman–Crippen MR) is 118 cm³/mol. The van der Waals surface area contributed by atoms with Gasteiger partial charge >= 0.3 is 0 Å². The van der Waals surface area contributed by atoms with E-state index in [0.717, 1.165) is 31.5 Å². The van der Waals surface area contributed by atoms with Crippen molar-refractivity contribution in [3.05, 3.63) is 58.6 Å². The molecule has 5 rings (SSSR count). The van der Waals surface area contributed by atoms with Gasteiger partial charge < -0.3 is 15.6 Å². The summed E-state index contributed by atoms with van der Waals surface area (Å²) in [6.07, 6.45) is 7.10. The van der Waals surface area contributed by atoms with Crippen LogP contribution >= 0.6 is 11.3 Å². The number of fused-ring (bicyclic) bond motifs is 1. The van der Waals surface area contributed by atoms with Crippen LogP contribution in [0, 0.1) is 17.5 Å². The molecule has 0 aliphatic heterocycles. The first-order chi connectivity index (χ1) is 16.0. The van der Waals surface area contributed by atoms with Crippen LogP contribution < -0.4 is 10.6 Å². The number of carbonyl (C=O) groups is 1. The van der Waals surface area contributed by atoms with E-state index in [9.17, 15) is 18.0 Å². The van der Waals surface area contributed by atoms with Gasteiger partial charge in [-0.2, -0.15) is 0 Å². The van der Waals surface area contributed by atoms with E-state index in [4.69, 9.17) is 0 Å². The molecule has 0 radical (unpaired) electrons. The average Bonchev–Trinajstić information content (AvgIpc) is 3.46. The van der Waals surface area contributed by atoms with E-state index in [2.05, 4.69) is 30.6 Å². The normalized spacial score (nSPS) is 18.4. The van der Waals surface area contributed by atoms with Crippen molar-refractivity contribution in [1.29, 1.82) is 0 Å². The quantitative estimate of drug-likeness (QED) is 0.393. The number of nitrogens with one attached hydrogen (secondary N) is 3. The predicted octanol–water partition coefficient (Wildman–Crippen LogP) is 4.65. The Morgan fingerprint density at radius 3 is 2.79 bits per heavy atom. The number of carbonyl (C=O) groups excluding carboxylic acids is 1. The zero-order chi connectivity index (χ0) is 22.9. The molecule has 3 aromatic heterocycles. The lowest BCUT2D eigenvalue weighted by Gasteiger charge is -2.30. The molecule has 0 unspecified atom stereocenters. The highest BCUT2D eigenvalue weighted by Gasteiger charge is 2.25. The second-order valence-corrected chi connectivity index (χ2v) is 8.83. The molecular formula is C22H19F3N6OS. The number of H-pyrrole nitrogens is 1. The number of nitrogens with zero attached hydrogens (tertiary/aromatic N) is 3. The fourth-order valence-electron chi connectivity index (χ4n) is 4.17. The topological polar surface area (TPSA) is 95.6 Å². The molecule has 0 spiro atoms. The van der Waals surface area contributed by atoms with E-state index < -0.39 is 17.5 Å². The van der Waals surface area contributed by atoms with Crippen LogP contribution in [0.1, 0.15) is 35.4 Å². The number of halogens is 3. The van der Waals surface area contributed by atoms with Crippen molar-refractivity contribution in [2.45, 2.75) is 37.8 Å². The molecule has 1 aliphatic rings. The summed E-state index contributed by atoms with van der Waals surface area (Å²) in [5.41, 5.74) is 2.09. The summed E-state index contributed by atoms with van der Waals surface area (Å²) in [5.74, 6) is -2.11. The maximum Gasteiger partial charge on any atom is 0.263 e. The van der Waals surface area contributed by atoms with Crippen LogP contribution in [0.3, 0.4) is 0 Å². The van der Waals surface area contributed by atoms with Gasteiger partial charge in [0.25, 0.3) is 5.91 Å². The number of benzene rings is 1. The molecule has 1 fully saturated rings. The summed E-state index contributed by atoms with van der Waals surface area (Å²) in [6, 6.07) is 1.80. The first-order valence-electron chi connectivity index (χ1n) is 10.4. The number of amides is 1. The standard InChI is InChI=1S/C22H19F3N6OS/c23-11-4-14-15(7-27-19(14)16(24)5-11)20-28-8-17(25)21(31-20)29-12-2-1-3-13(6-12)30-22(32)18-9-26-10-33-18/h4-5,7-10,12-13,27H,1-3,6H2,(H,30,32)(H,28,29,31)/t12-,13+/m1/s1. The Morgan fingerprint density at radius 1 is 1.12 bits per heavy atom. The third kappa shape index (κ3) is 4.40. The summed E-state index contributed by atoms with van der Waals surface area (Å²) in [7, 11) is 0. The average molecular weight is 472 g/mol. The number of anilines is 1. The van der Waals surface area contributed by atoms with Gasteiger partial charge in [0, 0.05) is 35.3 Å². The van der Waals surface area contributed by atoms with E-state index in [1.807, 2.05) is 0 Å². The first kappa shape index (κ1) is 21.4. The van der Waals surface area contributed by atoms with E-state index >= 15 is 0 Å². The van der Waals surface area contributed by atoms with Gasteiger partial charge in [0.15, 0.2) is 17.5 Å². The van der Waals surface area contributed by atoms with Crippen molar-refractivity contribution < 1.29 is 18.0 Å². The molecule has 2 atom stereocenters. The Kier molecular flexibility index (Phi) is 5.71. The molecule has 1 aliphatic carbocycles. The molecule has 170 valence electrons. The van der Waals surface area contributed by atoms with E-state index in [1.54, 1.807) is 5.51 Å². The van der Waals surface area contributed by atoms with Gasteiger partial charge in [0.1, 0.15) is 16.5 Å². The van der Waals surface area contributed by atoms with Crippen LogP contribution in [-0.2, 0) is 0 Å². The lowest BCUT2D eigenvalue weighted by atomic mass is 9.91. The minimum Gasteiger partial charge on any atom is -0.365 e. The van der Waals surface area contributed by atoms with Crippen LogP contribution in [0.5, 0.6) is 0 Å². The number of rotatable bonds is 5. The molecule has 4 aromatic rings. The Labute approximate surface area is 190 Å². The van der Waals surface area contributed by atoms with Crippen molar-refractivity contribution in [2.75, 3.05) is 5.32 Å². The largest absolute Gasteiger partial charge is 0.365 e. The smallest absolute Gasteiger partial charge is 0.263 e. The number of hydrogen-bond donors (Lipinski definition) is 3. The number of aromatic nitrogens is 4. The minimum absolute atomic E-state index is 0.00524. The lowest BCUT2D eigenvalue weighted by Crippen LogP contribution is -2.41. The molecule has 1 aromatic carbocycles. The summed E-state index contributed by atoms with van der Waals surface area (Å²) in [5, 5.41) is 6.39. The number of hydrogen-bond acceptors (Lipinski definition) is 6. The number of aromatic amines is 1. The monoisotopic (exact) mass is 472 g/mol. The molecule has 7 nitrogen and oxygen atoms in total. The highest BCUT2D eigenvalue weighted by Crippen LogP contribution is 2.30. The fourth-order valence-corrected chi connectivity index (χ4v) is 4.69. The van der Waals surface area contributed by atoms with Gasteiger partial charge in [0.05, 0.1) is 23.4 Å². The zero-order valence-electron chi connectivity index (χ0n) is 17.2. The summed E-state index contributed by atoms with van der Waals surface area (Å²) >= 11 is 1.27. The summed E-state index contributed by atoms with van der Waals surface area (Å²) < 4.78 is 42.3. The summed E-state index contributed by atoms with van der Waals surface area (Å²) in [4.78, 5) is 27.8. The van der Waals surface area contributed by atoms with Gasteiger partial charge in [-0.1, -0.05) is 0 Å². The maximum atomic E-state index is 14.5. The Morgan fingerprint density at radius 2 is 1.97 bits per heavy atom. The van der Waals surface area contributed by atoms with E-state index in [0.29, 0.717) is 16.9 Å². The molecule has 3 heterocycles. The molecule has 11 heteroatoms. The molecular weight excluding hydrogens is 453 g/mol. The van der Waals surface area contributed by atoms with Crippen molar-refractivity contribution in [3.63, 3.8) is 0 Å². The van der Waals surface area contributed by atoms with Gasteiger partial charge in [-0.25, -0.2) is 23.1 Å². The molecule has 0 saturated heterocycles. The summed E-state index contributed by atoms with van der Waals surface area (Å²) in [6.45, 7) is 0. The van der Waals surface area contributed by atoms with E-state index in [-0.39, 0.29) is 40.5 Å². The Bertz CT molecular complexity index is 1310. The molecule has 33 heavy (non-hydrogen) atoms.